The maximum Gasteiger partial charge on any atom is 0.232 e. The third kappa shape index (κ3) is 3.17. The number of halogens is 1. The second kappa shape index (κ2) is 7.81. The summed E-state index contributed by atoms with van der Waals surface area (Å²) in [5.41, 5.74) is -1.07. The van der Waals surface area contributed by atoms with Crippen LogP contribution < -0.4 is 10.6 Å². The molecule has 2 aromatic carbocycles. The number of amides is 1. The normalized spacial score (nSPS) is 21.8. The van der Waals surface area contributed by atoms with E-state index in [4.69, 9.17) is 11.6 Å². The van der Waals surface area contributed by atoms with Gasteiger partial charge in [0.1, 0.15) is 5.78 Å². The Morgan fingerprint density at radius 2 is 1.57 bits per heavy atom. The predicted octanol–water partition coefficient (Wildman–Crippen LogP) is 4.98. The molecule has 0 radical (unpaired) electrons. The fourth-order valence-electron chi connectivity index (χ4n) is 4.36. The van der Waals surface area contributed by atoms with Crippen molar-refractivity contribution in [3.05, 3.63) is 82.0 Å². The van der Waals surface area contributed by atoms with E-state index in [-0.39, 0.29) is 18.1 Å². The van der Waals surface area contributed by atoms with Crippen LogP contribution in [-0.4, -0.2) is 16.4 Å². The number of carbonyl (C=O) groups is 2. The average molecular weight is 458 g/mol. The minimum Gasteiger partial charge on any atom is -0.300 e. The number of thiophene rings is 1. The molecule has 0 N–H and O–H groups in total. The van der Waals surface area contributed by atoms with Crippen molar-refractivity contribution in [2.24, 2.45) is 5.92 Å². The highest BCUT2D eigenvalue weighted by atomic mass is 35.5. The van der Waals surface area contributed by atoms with Crippen LogP contribution in [0.1, 0.15) is 25.1 Å². The van der Waals surface area contributed by atoms with Gasteiger partial charge in [-0.25, -0.2) is 0 Å². The number of hydrogen-bond donors (Lipinski definition) is 0. The van der Waals surface area contributed by atoms with Crippen molar-refractivity contribution < 1.29 is 14.2 Å². The van der Waals surface area contributed by atoms with E-state index in [0.29, 0.717) is 14.9 Å². The Hall–Kier alpha value is -2.20. The summed E-state index contributed by atoms with van der Waals surface area (Å²) in [5.74, 6) is -1.01. The summed E-state index contributed by atoms with van der Waals surface area (Å²) in [5, 5.41) is 1.12. The molecular formula is C23H21ClNO3PS. The predicted molar refractivity (Wildman–Crippen MR) is 122 cm³/mol. The molecular weight excluding hydrogens is 437 g/mol. The number of rotatable bonds is 5. The van der Waals surface area contributed by atoms with Crippen LogP contribution in [0.15, 0.2) is 72.8 Å². The molecule has 0 saturated carbocycles. The van der Waals surface area contributed by atoms with Gasteiger partial charge in [0.25, 0.3) is 0 Å². The van der Waals surface area contributed by atoms with Gasteiger partial charge in [0.2, 0.25) is 13.2 Å². The van der Waals surface area contributed by atoms with Crippen molar-refractivity contribution in [3.63, 3.8) is 0 Å². The van der Waals surface area contributed by atoms with Gasteiger partial charge >= 0.3 is 0 Å². The van der Waals surface area contributed by atoms with E-state index in [0.717, 1.165) is 4.88 Å². The van der Waals surface area contributed by atoms with E-state index in [2.05, 4.69) is 0 Å². The highest BCUT2D eigenvalue weighted by molar-refractivity contribution is 7.77. The number of nitrogens with zero attached hydrogens (tertiary/aromatic N) is 1. The van der Waals surface area contributed by atoms with Gasteiger partial charge in [0.05, 0.1) is 15.8 Å². The zero-order valence-corrected chi connectivity index (χ0v) is 19.1. The summed E-state index contributed by atoms with van der Waals surface area (Å²) >= 11 is 7.54. The Balaban J connectivity index is 2.03. The summed E-state index contributed by atoms with van der Waals surface area (Å²) in [4.78, 5) is 26.8. The summed E-state index contributed by atoms with van der Waals surface area (Å²) in [6, 6.07) is 21.7. The SMILES string of the molecule is CC(=O)C1CC(=O)N(P(=O)(c2ccccc2)c2ccccc2)C1(C)c1ccc(Cl)s1. The monoisotopic (exact) mass is 457 g/mol. The molecule has 0 spiro atoms. The lowest BCUT2D eigenvalue weighted by molar-refractivity contribution is -0.125. The number of carbonyl (C=O) groups excluding carboxylic acids is 2. The Labute approximate surface area is 184 Å². The topological polar surface area (TPSA) is 54.5 Å². The highest BCUT2D eigenvalue weighted by Crippen LogP contribution is 2.61. The van der Waals surface area contributed by atoms with Crippen LogP contribution >= 0.6 is 30.2 Å². The molecule has 7 heteroatoms. The van der Waals surface area contributed by atoms with Crippen molar-refractivity contribution in [1.82, 2.24) is 4.67 Å². The molecule has 3 aromatic rings. The molecule has 1 fully saturated rings. The van der Waals surface area contributed by atoms with Gasteiger partial charge in [-0.05, 0) is 50.2 Å². The number of Topliss-reactive ketones (excluding diaryl/α,β-unsaturated/α-hetero) is 1. The first-order chi connectivity index (χ1) is 14.3. The molecule has 1 saturated heterocycles. The fourth-order valence-corrected chi connectivity index (χ4v) is 8.80. The highest BCUT2D eigenvalue weighted by Gasteiger charge is 2.59. The first-order valence-corrected chi connectivity index (χ1v) is 12.5. The molecule has 4 nitrogen and oxygen atoms in total. The van der Waals surface area contributed by atoms with Crippen LogP contribution in [0.2, 0.25) is 4.34 Å². The Bertz CT molecular complexity index is 1100. The van der Waals surface area contributed by atoms with E-state index in [1.165, 1.54) is 22.9 Å². The average Bonchev–Trinajstić information content (AvgIpc) is 3.31. The number of ketones is 1. The molecule has 1 aliphatic rings. The van der Waals surface area contributed by atoms with Gasteiger partial charge in [-0.1, -0.05) is 48.0 Å². The van der Waals surface area contributed by atoms with Crippen LogP contribution in [0.5, 0.6) is 0 Å². The molecule has 2 heterocycles. The van der Waals surface area contributed by atoms with E-state index >= 15 is 0 Å². The maximum absolute atomic E-state index is 15.0. The third-order valence-electron chi connectivity index (χ3n) is 5.79. The maximum atomic E-state index is 15.0. The van der Waals surface area contributed by atoms with Crippen molar-refractivity contribution >= 4 is 52.5 Å². The smallest absolute Gasteiger partial charge is 0.232 e. The molecule has 2 atom stereocenters. The Morgan fingerprint density at radius 1 is 1.03 bits per heavy atom. The number of benzene rings is 2. The molecule has 4 rings (SSSR count). The molecule has 0 bridgehead atoms. The molecule has 1 aliphatic heterocycles. The van der Waals surface area contributed by atoms with Crippen LogP contribution in [-0.2, 0) is 19.7 Å². The quantitative estimate of drug-likeness (QED) is 0.507. The van der Waals surface area contributed by atoms with Gasteiger partial charge in [0, 0.05) is 21.9 Å². The Kier molecular flexibility index (Phi) is 5.48. The second-order valence-corrected chi connectivity index (χ2v) is 11.9. The summed E-state index contributed by atoms with van der Waals surface area (Å²) in [6.07, 6.45) is 0.0189. The first-order valence-electron chi connectivity index (χ1n) is 9.60. The zero-order valence-electron chi connectivity index (χ0n) is 16.6. The van der Waals surface area contributed by atoms with E-state index in [1.807, 2.05) is 49.4 Å². The molecule has 1 amide bonds. The molecule has 1 aromatic heterocycles. The van der Waals surface area contributed by atoms with Crippen LogP contribution in [0.4, 0.5) is 0 Å². The molecule has 154 valence electrons. The summed E-state index contributed by atoms with van der Waals surface area (Å²) in [6.45, 7) is 3.33. The second-order valence-electron chi connectivity index (χ2n) is 7.57. The minimum atomic E-state index is -3.59. The lowest BCUT2D eigenvalue weighted by Gasteiger charge is -2.42. The Morgan fingerprint density at radius 3 is 2.00 bits per heavy atom. The third-order valence-corrected chi connectivity index (χ3v) is 10.4. The van der Waals surface area contributed by atoms with Crippen LogP contribution in [0, 0.1) is 5.92 Å². The van der Waals surface area contributed by atoms with Crippen LogP contribution in [0.25, 0.3) is 0 Å². The summed E-state index contributed by atoms with van der Waals surface area (Å²) < 4.78 is 17.0. The van der Waals surface area contributed by atoms with Crippen molar-refractivity contribution in [1.29, 1.82) is 0 Å². The lowest BCUT2D eigenvalue weighted by Crippen LogP contribution is -2.47. The van der Waals surface area contributed by atoms with Gasteiger partial charge in [-0.3, -0.25) is 18.8 Å². The summed E-state index contributed by atoms with van der Waals surface area (Å²) in [7, 11) is -3.59. The van der Waals surface area contributed by atoms with Gasteiger partial charge in [-0.2, -0.15) is 0 Å². The fraction of sp³-hybridized carbons (Fsp3) is 0.217. The molecule has 2 unspecified atom stereocenters. The first kappa shape index (κ1) is 21.0. The zero-order chi connectivity index (χ0) is 21.5. The van der Waals surface area contributed by atoms with Gasteiger partial charge in [-0.15, -0.1) is 11.3 Å². The van der Waals surface area contributed by atoms with Crippen molar-refractivity contribution in [2.45, 2.75) is 25.8 Å². The van der Waals surface area contributed by atoms with E-state index in [9.17, 15) is 14.2 Å². The van der Waals surface area contributed by atoms with E-state index < -0.39 is 18.7 Å². The van der Waals surface area contributed by atoms with Gasteiger partial charge < -0.3 is 0 Å². The van der Waals surface area contributed by atoms with Crippen LogP contribution in [0.3, 0.4) is 0 Å². The van der Waals surface area contributed by atoms with Crippen molar-refractivity contribution in [2.75, 3.05) is 0 Å². The van der Waals surface area contributed by atoms with Gasteiger partial charge in [0.15, 0.2) is 0 Å². The van der Waals surface area contributed by atoms with E-state index in [1.54, 1.807) is 30.3 Å². The van der Waals surface area contributed by atoms with Crippen molar-refractivity contribution in [3.8, 4) is 0 Å². The number of hydrogen-bond acceptors (Lipinski definition) is 4. The molecule has 0 aliphatic carbocycles. The largest absolute Gasteiger partial charge is 0.300 e. The molecule has 30 heavy (non-hydrogen) atoms. The standard InChI is InChI=1S/C23H21ClNO3PS/c1-16(26)19-15-22(27)25(23(19,2)20-13-14-21(24)30-20)29(28,17-9-5-3-6-10-17)18-11-7-4-8-12-18/h3-14,19H,15H2,1-2H3. The minimum absolute atomic E-state index is 0.0189. The lowest BCUT2D eigenvalue weighted by atomic mass is 9.83.